The van der Waals surface area contributed by atoms with Gasteiger partial charge >= 0.3 is 5.97 Å². The van der Waals surface area contributed by atoms with Crippen molar-refractivity contribution in [2.75, 3.05) is 6.61 Å². The molecule has 1 saturated heterocycles. The maximum absolute atomic E-state index is 10.9. The van der Waals surface area contributed by atoms with E-state index >= 15 is 0 Å². The average molecular weight is 202 g/mol. The Morgan fingerprint density at radius 2 is 2.07 bits per heavy atom. The van der Waals surface area contributed by atoms with Gasteiger partial charge in [-0.2, -0.15) is 0 Å². The van der Waals surface area contributed by atoms with Crippen LogP contribution in [0, 0.1) is 0 Å². The summed E-state index contributed by atoms with van der Waals surface area (Å²) in [6.07, 6.45) is -0.207. The van der Waals surface area contributed by atoms with Gasteiger partial charge in [0.05, 0.1) is 6.61 Å². The Morgan fingerprint density at radius 1 is 1.50 bits per heavy atom. The van der Waals surface area contributed by atoms with Crippen molar-refractivity contribution in [1.82, 2.24) is 0 Å². The third-order valence-electron chi connectivity index (χ3n) is 2.19. The minimum Gasteiger partial charge on any atom is -0.457 e. The predicted octanol–water partition coefficient (Wildman–Crippen LogP) is 1.48. The highest BCUT2D eigenvalue weighted by atomic mass is 16.8. The summed E-state index contributed by atoms with van der Waals surface area (Å²) in [6.45, 7) is 9.18. The van der Waals surface area contributed by atoms with Crippen molar-refractivity contribution in [1.29, 1.82) is 0 Å². The third kappa shape index (κ3) is 2.69. The standard InChI is InChI=1S/C10H18O4/c1-7(11)13-9(2,3)8-6-12-10(4,5)14-8/h8H,6H2,1-5H3/t8-/m0/s1. The first kappa shape index (κ1) is 11.5. The first-order valence-electron chi connectivity index (χ1n) is 4.74. The molecule has 0 bridgehead atoms. The summed E-state index contributed by atoms with van der Waals surface area (Å²) in [5.74, 6) is -0.884. The zero-order valence-electron chi connectivity index (χ0n) is 9.42. The fourth-order valence-electron chi connectivity index (χ4n) is 1.47. The quantitative estimate of drug-likeness (QED) is 0.636. The molecule has 0 spiro atoms. The molecule has 82 valence electrons. The fourth-order valence-corrected chi connectivity index (χ4v) is 1.47. The van der Waals surface area contributed by atoms with Crippen molar-refractivity contribution in [2.45, 2.75) is 52.1 Å². The van der Waals surface area contributed by atoms with Crippen molar-refractivity contribution < 1.29 is 19.0 Å². The van der Waals surface area contributed by atoms with Gasteiger partial charge in [0.2, 0.25) is 0 Å². The van der Waals surface area contributed by atoms with Crippen LogP contribution < -0.4 is 0 Å². The van der Waals surface area contributed by atoms with E-state index in [1.165, 1.54) is 6.92 Å². The smallest absolute Gasteiger partial charge is 0.303 e. The van der Waals surface area contributed by atoms with Crippen LogP contribution >= 0.6 is 0 Å². The Bertz CT molecular complexity index is 232. The van der Waals surface area contributed by atoms with Crippen LogP contribution in [0.5, 0.6) is 0 Å². The molecule has 1 heterocycles. The van der Waals surface area contributed by atoms with E-state index in [9.17, 15) is 4.79 Å². The molecule has 0 radical (unpaired) electrons. The van der Waals surface area contributed by atoms with Gasteiger partial charge in [-0.25, -0.2) is 0 Å². The molecule has 0 aliphatic carbocycles. The summed E-state index contributed by atoms with van der Waals surface area (Å²) in [5, 5.41) is 0. The molecule has 1 aliphatic rings. The highest BCUT2D eigenvalue weighted by molar-refractivity contribution is 5.66. The lowest BCUT2D eigenvalue weighted by Crippen LogP contribution is -2.42. The van der Waals surface area contributed by atoms with Gasteiger partial charge in [0.1, 0.15) is 11.7 Å². The van der Waals surface area contributed by atoms with Crippen LogP contribution in [-0.4, -0.2) is 30.1 Å². The number of carbonyl (C=O) groups excluding carboxylic acids is 1. The Labute approximate surface area is 84.5 Å². The normalized spacial score (nSPS) is 26.2. The van der Waals surface area contributed by atoms with Crippen molar-refractivity contribution in [3.63, 3.8) is 0 Å². The second kappa shape index (κ2) is 3.51. The summed E-state index contributed by atoms with van der Waals surface area (Å²) >= 11 is 0. The lowest BCUT2D eigenvalue weighted by atomic mass is 10.0. The molecule has 4 heteroatoms. The van der Waals surface area contributed by atoms with Crippen LogP contribution in [-0.2, 0) is 19.0 Å². The van der Waals surface area contributed by atoms with E-state index in [-0.39, 0.29) is 12.1 Å². The van der Waals surface area contributed by atoms with Crippen LogP contribution in [0.3, 0.4) is 0 Å². The Kier molecular flexibility index (Phi) is 2.88. The van der Waals surface area contributed by atoms with Gasteiger partial charge in [-0.1, -0.05) is 0 Å². The SMILES string of the molecule is CC(=O)OC(C)(C)[C@@H]1COC(C)(C)O1. The molecule has 1 rings (SSSR count). The largest absolute Gasteiger partial charge is 0.457 e. The molecule has 0 unspecified atom stereocenters. The van der Waals surface area contributed by atoms with E-state index < -0.39 is 11.4 Å². The van der Waals surface area contributed by atoms with E-state index in [2.05, 4.69) is 0 Å². The number of carbonyl (C=O) groups is 1. The third-order valence-corrected chi connectivity index (χ3v) is 2.19. The molecule has 1 fully saturated rings. The zero-order valence-corrected chi connectivity index (χ0v) is 9.42. The first-order chi connectivity index (χ1) is 6.23. The molecular formula is C10H18O4. The molecule has 0 aromatic rings. The summed E-state index contributed by atoms with van der Waals surface area (Å²) in [5.41, 5.74) is -0.639. The minimum absolute atomic E-state index is 0.207. The molecule has 4 nitrogen and oxygen atoms in total. The Hall–Kier alpha value is -0.610. The molecule has 0 saturated carbocycles. The number of hydrogen-bond acceptors (Lipinski definition) is 4. The monoisotopic (exact) mass is 202 g/mol. The van der Waals surface area contributed by atoms with E-state index in [1.807, 2.05) is 27.7 Å². The van der Waals surface area contributed by atoms with Crippen LogP contribution in [0.1, 0.15) is 34.6 Å². The zero-order chi connectivity index (χ0) is 11.0. The average Bonchev–Trinajstić information content (AvgIpc) is 2.27. The van der Waals surface area contributed by atoms with Crippen molar-refractivity contribution in [3.05, 3.63) is 0 Å². The minimum atomic E-state index is -0.639. The molecular weight excluding hydrogens is 184 g/mol. The molecule has 14 heavy (non-hydrogen) atoms. The maximum Gasteiger partial charge on any atom is 0.303 e. The number of esters is 1. The van der Waals surface area contributed by atoms with Gasteiger partial charge in [0, 0.05) is 6.92 Å². The molecule has 0 amide bonds. The van der Waals surface area contributed by atoms with Crippen molar-refractivity contribution in [3.8, 4) is 0 Å². The van der Waals surface area contributed by atoms with Gasteiger partial charge in [-0.05, 0) is 27.7 Å². The van der Waals surface area contributed by atoms with E-state index in [1.54, 1.807) is 0 Å². The lowest BCUT2D eigenvalue weighted by Gasteiger charge is -2.30. The summed E-state index contributed by atoms with van der Waals surface area (Å²) in [6, 6.07) is 0. The van der Waals surface area contributed by atoms with E-state index in [0.717, 1.165) is 0 Å². The lowest BCUT2D eigenvalue weighted by molar-refractivity contribution is -0.184. The molecule has 0 N–H and O–H groups in total. The predicted molar refractivity (Wildman–Crippen MR) is 50.7 cm³/mol. The second-order valence-electron chi connectivity index (χ2n) is 4.51. The van der Waals surface area contributed by atoms with Crippen LogP contribution in [0.4, 0.5) is 0 Å². The van der Waals surface area contributed by atoms with Crippen molar-refractivity contribution >= 4 is 5.97 Å². The topological polar surface area (TPSA) is 44.8 Å². The molecule has 0 aromatic carbocycles. The van der Waals surface area contributed by atoms with Crippen LogP contribution in [0.25, 0.3) is 0 Å². The van der Waals surface area contributed by atoms with Gasteiger partial charge in [0.25, 0.3) is 0 Å². The van der Waals surface area contributed by atoms with Gasteiger partial charge in [-0.3, -0.25) is 4.79 Å². The maximum atomic E-state index is 10.9. The van der Waals surface area contributed by atoms with Gasteiger partial charge < -0.3 is 14.2 Å². The molecule has 1 aliphatic heterocycles. The number of ether oxygens (including phenoxy) is 3. The highest BCUT2D eigenvalue weighted by Crippen LogP contribution is 2.30. The summed E-state index contributed by atoms with van der Waals surface area (Å²) in [7, 11) is 0. The summed E-state index contributed by atoms with van der Waals surface area (Å²) < 4.78 is 16.2. The van der Waals surface area contributed by atoms with E-state index in [4.69, 9.17) is 14.2 Å². The van der Waals surface area contributed by atoms with E-state index in [0.29, 0.717) is 6.61 Å². The second-order valence-corrected chi connectivity index (χ2v) is 4.51. The molecule has 0 aromatic heterocycles. The summed E-state index contributed by atoms with van der Waals surface area (Å²) in [4.78, 5) is 10.9. The van der Waals surface area contributed by atoms with Crippen molar-refractivity contribution in [2.24, 2.45) is 0 Å². The molecule has 1 atom stereocenters. The highest BCUT2D eigenvalue weighted by Gasteiger charge is 2.43. The van der Waals surface area contributed by atoms with Gasteiger partial charge in [-0.15, -0.1) is 0 Å². The number of hydrogen-bond donors (Lipinski definition) is 0. The van der Waals surface area contributed by atoms with Crippen LogP contribution in [0.2, 0.25) is 0 Å². The Balaban J connectivity index is 2.61. The van der Waals surface area contributed by atoms with Gasteiger partial charge in [0.15, 0.2) is 5.79 Å². The number of rotatable bonds is 2. The Morgan fingerprint density at radius 3 is 2.43 bits per heavy atom. The fraction of sp³-hybridized carbons (Fsp3) is 0.900. The van der Waals surface area contributed by atoms with Crippen LogP contribution in [0.15, 0.2) is 0 Å². The first-order valence-corrected chi connectivity index (χ1v) is 4.74.